The predicted molar refractivity (Wildman–Crippen MR) is 89.3 cm³/mol. The average Bonchev–Trinajstić information content (AvgIpc) is 2.85. The quantitative estimate of drug-likeness (QED) is 0.868. The Bertz CT molecular complexity index is 614. The van der Waals surface area contributed by atoms with Gasteiger partial charge in [-0.15, -0.1) is 0 Å². The van der Waals surface area contributed by atoms with Crippen molar-refractivity contribution in [3.63, 3.8) is 0 Å². The summed E-state index contributed by atoms with van der Waals surface area (Å²) in [5, 5.41) is 3.28. The SMILES string of the molecule is CS(=O)(=O)C1CCCC12CCNCC2c1ccc(Br)cc1. The minimum Gasteiger partial charge on any atom is -0.316 e. The second kappa shape index (κ2) is 5.67. The second-order valence-electron chi connectivity index (χ2n) is 6.50. The van der Waals surface area contributed by atoms with Gasteiger partial charge in [0.05, 0.1) is 5.25 Å². The smallest absolute Gasteiger partial charge is 0.150 e. The fourth-order valence-corrected chi connectivity index (χ4v) is 6.59. The molecule has 1 saturated carbocycles. The summed E-state index contributed by atoms with van der Waals surface area (Å²) >= 11 is 3.48. The maximum Gasteiger partial charge on any atom is 0.150 e. The van der Waals surface area contributed by atoms with Crippen LogP contribution >= 0.6 is 15.9 Å². The molecule has 3 unspecified atom stereocenters. The number of benzene rings is 1. The predicted octanol–water partition coefficient (Wildman–Crippen LogP) is 3.11. The molecule has 1 N–H and O–H groups in total. The van der Waals surface area contributed by atoms with Crippen LogP contribution in [0.25, 0.3) is 0 Å². The van der Waals surface area contributed by atoms with Crippen LogP contribution in [0.1, 0.15) is 37.2 Å². The molecule has 0 bridgehead atoms. The fraction of sp³-hybridized carbons (Fsp3) is 0.625. The fourth-order valence-electron chi connectivity index (χ4n) is 4.48. The molecule has 1 aliphatic heterocycles. The van der Waals surface area contributed by atoms with Crippen LogP contribution in [0.3, 0.4) is 0 Å². The van der Waals surface area contributed by atoms with Gasteiger partial charge < -0.3 is 5.32 Å². The molecule has 2 fully saturated rings. The molecule has 1 aliphatic carbocycles. The summed E-state index contributed by atoms with van der Waals surface area (Å²) in [6, 6.07) is 8.40. The van der Waals surface area contributed by atoms with Gasteiger partial charge in [-0.1, -0.05) is 34.5 Å². The molecule has 1 aromatic rings. The number of halogens is 1. The van der Waals surface area contributed by atoms with Gasteiger partial charge in [0.25, 0.3) is 0 Å². The van der Waals surface area contributed by atoms with Crippen molar-refractivity contribution < 1.29 is 8.42 Å². The number of nitrogens with one attached hydrogen (secondary N) is 1. The molecule has 1 spiro atoms. The van der Waals surface area contributed by atoms with Crippen molar-refractivity contribution in [1.29, 1.82) is 0 Å². The van der Waals surface area contributed by atoms with Crippen molar-refractivity contribution >= 4 is 25.8 Å². The average molecular weight is 372 g/mol. The van der Waals surface area contributed by atoms with Gasteiger partial charge in [0.15, 0.2) is 9.84 Å². The van der Waals surface area contributed by atoms with Gasteiger partial charge in [-0.3, -0.25) is 0 Å². The number of rotatable bonds is 2. The van der Waals surface area contributed by atoms with Crippen molar-refractivity contribution in [1.82, 2.24) is 5.32 Å². The lowest BCUT2D eigenvalue weighted by molar-refractivity contribution is 0.173. The molecule has 1 aromatic carbocycles. The Kier molecular flexibility index (Phi) is 4.19. The standard InChI is InChI=1S/C16H22BrNO2S/c1-21(19,20)15-3-2-8-16(15)9-10-18-11-14(16)12-4-6-13(17)7-5-12/h4-7,14-15,18H,2-3,8-11H2,1H3. The molecule has 1 saturated heterocycles. The molecule has 3 nitrogen and oxygen atoms in total. The van der Waals surface area contributed by atoms with E-state index in [4.69, 9.17) is 0 Å². The second-order valence-corrected chi connectivity index (χ2v) is 9.65. The van der Waals surface area contributed by atoms with Crippen LogP contribution in [0.4, 0.5) is 0 Å². The van der Waals surface area contributed by atoms with Gasteiger partial charge in [0, 0.05) is 23.2 Å². The molecular weight excluding hydrogens is 350 g/mol. The number of hydrogen-bond acceptors (Lipinski definition) is 3. The van der Waals surface area contributed by atoms with Gasteiger partial charge in [-0.2, -0.15) is 0 Å². The van der Waals surface area contributed by atoms with E-state index in [1.807, 2.05) is 0 Å². The summed E-state index contributed by atoms with van der Waals surface area (Å²) in [6.07, 6.45) is 5.28. The topological polar surface area (TPSA) is 46.2 Å². The Balaban J connectivity index is 2.03. The molecular formula is C16H22BrNO2S. The summed E-state index contributed by atoms with van der Waals surface area (Å²) in [5.74, 6) is 0.293. The highest BCUT2D eigenvalue weighted by Gasteiger charge is 2.53. The highest BCUT2D eigenvalue weighted by atomic mass is 79.9. The lowest BCUT2D eigenvalue weighted by Gasteiger charge is -2.45. The van der Waals surface area contributed by atoms with Gasteiger partial charge in [0.1, 0.15) is 0 Å². The van der Waals surface area contributed by atoms with Gasteiger partial charge in [-0.25, -0.2) is 8.42 Å². The summed E-state index contributed by atoms with van der Waals surface area (Å²) < 4.78 is 25.7. The molecule has 3 rings (SSSR count). The molecule has 116 valence electrons. The zero-order valence-corrected chi connectivity index (χ0v) is 14.7. The van der Waals surface area contributed by atoms with Crippen LogP contribution < -0.4 is 5.32 Å². The van der Waals surface area contributed by atoms with E-state index < -0.39 is 9.84 Å². The molecule has 5 heteroatoms. The lowest BCUT2D eigenvalue weighted by Crippen LogP contribution is -2.49. The summed E-state index contributed by atoms with van der Waals surface area (Å²) in [4.78, 5) is 0. The van der Waals surface area contributed by atoms with Crippen molar-refractivity contribution in [3.05, 3.63) is 34.3 Å². The van der Waals surface area contributed by atoms with Crippen LogP contribution in [-0.2, 0) is 9.84 Å². The van der Waals surface area contributed by atoms with Crippen LogP contribution in [-0.4, -0.2) is 33.0 Å². The molecule has 0 radical (unpaired) electrons. The van der Waals surface area contributed by atoms with E-state index in [2.05, 4.69) is 45.5 Å². The number of hydrogen-bond donors (Lipinski definition) is 1. The highest BCUT2D eigenvalue weighted by molar-refractivity contribution is 9.10. The molecule has 0 amide bonds. The maximum absolute atomic E-state index is 12.3. The van der Waals surface area contributed by atoms with Crippen molar-refractivity contribution in [2.24, 2.45) is 5.41 Å². The summed E-state index contributed by atoms with van der Waals surface area (Å²) in [6.45, 7) is 1.81. The van der Waals surface area contributed by atoms with E-state index in [1.54, 1.807) is 0 Å². The Morgan fingerprint density at radius 3 is 2.62 bits per heavy atom. The Labute approximate surface area is 135 Å². The molecule has 2 aliphatic rings. The third-order valence-corrected chi connectivity index (χ3v) is 7.62. The van der Waals surface area contributed by atoms with Gasteiger partial charge >= 0.3 is 0 Å². The number of sulfone groups is 1. The molecule has 3 atom stereocenters. The maximum atomic E-state index is 12.3. The third kappa shape index (κ3) is 2.80. The first-order valence-electron chi connectivity index (χ1n) is 7.58. The summed E-state index contributed by atoms with van der Waals surface area (Å²) in [5.41, 5.74) is 1.19. The highest BCUT2D eigenvalue weighted by Crippen LogP contribution is 2.54. The van der Waals surface area contributed by atoms with E-state index in [0.29, 0.717) is 5.92 Å². The molecule has 1 heterocycles. The normalized spacial score (nSPS) is 33.4. The molecule has 21 heavy (non-hydrogen) atoms. The van der Waals surface area contributed by atoms with Crippen LogP contribution in [0, 0.1) is 5.41 Å². The molecule has 0 aromatic heterocycles. The minimum absolute atomic E-state index is 0.0767. The van der Waals surface area contributed by atoms with E-state index >= 15 is 0 Å². The van der Waals surface area contributed by atoms with Crippen molar-refractivity contribution in [2.75, 3.05) is 19.3 Å². The first-order chi connectivity index (χ1) is 9.93. The van der Waals surface area contributed by atoms with Crippen LogP contribution in [0.15, 0.2) is 28.7 Å². The van der Waals surface area contributed by atoms with E-state index in [9.17, 15) is 8.42 Å². The first kappa shape index (κ1) is 15.5. The lowest BCUT2D eigenvalue weighted by atomic mass is 9.66. The Morgan fingerprint density at radius 2 is 1.95 bits per heavy atom. The number of piperidine rings is 1. The van der Waals surface area contributed by atoms with E-state index in [-0.39, 0.29) is 10.7 Å². The van der Waals surface area contributed by atoms with Gasteiger partial charge in [0.2, 0.25) is 0 Å². The summed E-state index contributed by atoms with van der Waals surface area (Å²) in [7, 11) is -3.00. The largest absolute Gasteiger partial charge is 0.316 e. The zero-order chi connectivity index (χ0) is 15.1. The van der Waals surface area contributed by atoms with Crippen molar-refractivity contribution in [2.45, 2.75) is 36.9 Å². The van der Waals surface area contributed by atoms with E-state index in [1.165, 1.54) is 11.8 Å². The third-order valence-electron chi connectivity index (χ3n) is 5.35. The Morgan fingerprint density at radius 1 is 1.24 bits per heavy atom. The van der Waals surface area contributed by atoms with Crippen LogP contribution in [0.5, 0.6) is 0 Å². The van der Waals surface area contributed by atoms with Crippen molar-refractivity contribution in [3.8, 4) is 0 Å². The Hall–Kier alpha value is -0.390. The zero-order valence-electron chi connectivity index (χ0n) is 12.3. The van der Waals surface area contributed by atoms with Gasteiger partial charge in [-0.05, 0) is 48.9 Å². The van der Waals surface area contributed by atoms with E-state index in [0.717, 1.165) is 43.2 Å². The van der Waals surface area contributed by atoms with Crippen LogP contribution in [0.2, 0.25) is 0 Å². The monoisotopic (exact) mass is 371 g/mol. The minimum atomic E-state index is -3.00. The first-order valence-corrected chi connectivity index (χ1v) is 10.3.